The third-order valence-corrected chi connectivity index (χ3v) is 6.97. The van der Waals surface area contributed by atoms with Gasteiger partial charge in [-0.05, 0) is 53.4 Å². The Hall–Kier alpha value is -1.44. The van der Waals surface area contributed by atoms with Crippen molar-refractivity contribution < 1.29 is 28.1 Å². The fourth-order valence-electron chi connectivity index (χ4n) is 3.62. The fourth-order valence-corrected chi connectivity index (χ4v) is 5.44. The smallest absolute Gasteiger partial charge is 0.407 e. The molecule has 3 atom stereocenters. The first-order chi connectivity index (χ1) is 13.8. The Morgan fingerprint density at radius 2 is 1.87 bits per heavy atom. The lowest BCUT2D eigenvalue weighted by Gasteiger charge is -2.34. The number of hydrogen-bond donors (Lipinski definition) is 1. The molecule has 0 saturated heterocycles. The van der Waals surface area contributed by atoms with Gasteiger partial charge in [-0.15, -0.1) is 0 Å². The van der Waals surface area contributed by atoms with Crippen LogP contribution in [0.15, 0.2) is 11.4 Å². The van der Waals surface area contributed by atoms with Crippen molar-refractivity contribution in [3.8, 4) is 0 Å². The van der Waals surface area contributed by atoms with E-state index in [0.717, 1.165) is 0 Å². The zero-order chi connectivity index (χ0) is 23.1. The summed E-state index contributed by atoms with van der Waals surface area (Å²) in [5.41, 5.74) is -0.670. The Morgan fingerprint density at radius 3 is 2.30 bits per heavy atom. The Kier molecular flexibility index (Phi) is 9.98. The molecule has 0 aromatic carbocycles. The maximum atomic E-state index is 13.1. The first kappa shape index (κ1) is 26.6. The normalized spacial score (nSPS) is 21.1. The lowest BCUT2D eigenvalue weighted by molar-refractivity contribution is -0.533. The number of amides is 1. The average Bonchev–Trinajstić information content (AvgIpc) is 2.59. The summed E-state index contributed by atoms with van der Waals surface area (Å²) in [4.78, 5) is 23.9. The summed E-state index contributed by atoms with van der Waals surface area (Å²) in [6, 6.07) is -1.47. The monoisotopic (exact) mass is 448 g/mol. The molecule has 0 bridgehead atoms. The van der Waals surface area contributed by atoms with E-state index in [4.69, 9.17) is 13.8 Å². The number of nitrogens with zero attached hydrogens (tertiary/aromatic N) is 1. The van der Waals surface area contributed by atoms with Gasteiger partial charge in [0.2, 0.25) is 6.04 Å². The maximum absolute atomic E-state index is 13.1. The van der Waals surface area contributed by atoms with Crippen LogP contribution in [0.3, 0.4) is 0 Å². The van der Waals surface area contributed by atoms with Crippen molar-refractivity contribution in [3.05, 3.63) is 21.5 Å². The molecule has 0 radical (unpaired) electrons. The van der Waals surface area contributed by atoms with Gasteiger partial charge in [0, 0.05) is 22.7 Å². The molecule has 174 valence electrons. The number of nitrogens with one attached hydrogen (secondary N) is 1. The Labute approximate surface area is 179 Å². The zero-order valence-corrected chi connectivity index (χ0v) is 20.1. The molecular weight excluding hydrogens is 411 g/mol. The van der Waals surface area contributed by atoms with Gasteiger partial charge in [0.1, 0.15) is 5.60 Å². The van der Waals surface area contributed by atoms with Gasteiger partial charge in [0.25, 0.3) is 0 Å². The zero-order valence-electron chi connectivity index (χ0n) is 19.2. The van der Waals surface area contributed by atoms with E-state index >= 15 is 0 Å². The SMILES string of the molecule is CCOP(=O)(OCC)C1=CCC([C@H](CC(C)C)NC(=O)OC(C)(C)C)C([N+](=O)[O-])C1. The highest BCUT2D eigenvalue weighted by atomic mass is 31.2. The second kappa shape index (κ2) is 11.3. The summed E-state index contributed by atoms with van der Waals surface area (Å²) < 4.78 is 29.2. The van der Waals surface area contributed by atoms with E-state index in [0.29, 0.717) is 11.7 Å². The van der Waals surface area contributed by atoms with Gasteiger partial charge in [-0.25, -0.2) is 4.79 Å². The fraction of sp³-hybridized carbons (Fsp3) is 0.850. The van der Waals surface area contributed by atoms with Crippen molar-refractivity contribution in [2.24, 2.45) is 11.8 Å². The summed E-state index contributed by atoms with van der Waals surface area (Å²) in [6.45, 7) is 13.0. The minimum Gasteiger partial charge on any atom is -0.444 e. The lowest BCUT2D eigenvalue weighted by Crippen LogP contribution is -2.49. The Balaban J connectivity index is 3.17. The number of carbonyl (C=O) groups is 1. The molecule has 0 aromatic rings. The van der Waals surface area contributed by atoms with Crippen LogP contribution in [0.4, 0.5) is 4.79 Å². The standard InChI is InChI=1S/C20H37N2O7P/c1-8-27-30(26,28-9-2)15-10-11-16(18(13-15)22(24)25)17(12-14(3)4)21-19(23)29-20(5,6)7/h10,14,16-18H,8-9,11-13H2,1-7H3,(H,21,23)/t16?,17-,18?/m0/s1. The minimum atomic E-state index is -3.57. The average molecular weight is 448 g/mol. The van der Waals surface area contributed by atoms with E-state index in [9.17, 15) is 19.5 Å². The van der Waals surface area contributed by atoms with Crippen molar-refractivity contribution >= 4 is 13.7 Å². The van der Waals surface area contributed by atoms with E-state index in [1.807, 2.05) is 13.8 Å². The number of allylic oxidation sites excluding steroid dienone is 1. The number of alkyl carbamates (subject to hydrolysis) is 1. The molecule has 0 spiro atoms. The van der Waals surface area contributed by atoms with Crippen molar-refractivity contribution in [1.29, 1.82) is 0 Å². The second-order valence-electron chi connectivity index (χ2n) is 8.87. The summed E-state index contributed by atoms with van der Waals surface area (Å²) in [5.74, 6) is -0.254. The largest absolute Gasteiger partial charge is 0.444 e. The van der Waals surface area contributed by atoms with Crippen LogP contribution < -0.4 is 5.32 Å². The van der Waals surface area contributed by atoms with Crippen LogP contribution >= 0.6 is 7.60 Å². The van der Waals surface area contributed by atoms with Crippen LogP contribution in [0, 0.1) is 22.0 Å². The minimum absolute atomic E-state index is 0.0421. The van der Waals surface area contributed by atoms with Crippen LogP contribution in [0.5, 0.6) is 0 Å². The highest BCUT2D eigenvalue weighted by Gasteiger charge is 2.45. The van der Waals surface area contributed by atoms with Crippen LogP contribution in [-0.2, 0) is 18.3 Å². The number of carbonyl (C=O) groups excluding carboxylic acids is 1. The third kappa shape index (κ3) is 8.00. The van der Waals surface area contributed by atoms with Crippen molar-refractivity contribution in [3.63, 3.8) is 0 Å². The number of nitro groups is 1. The lowest BCUT2D eigenvalue weighted by atomic mass is 9.80. The molecule has 0 fully saturated rings. The third-order valence-electron chi connectivity index (χ3n) is 4.70. The number of hydrogen-bond acceptors (Lipinski definition) is 7. The molecule has 0 aromatic heterocycles. The van der Waals surface area contributed by atoms with E-state index in [1.54, 1.807) is 40.7 Å². The highest BCUT2D eigenvalue weighted by molar-refractivity contribution is 7.58. The molecule has 30 heavy (non-hydrogen) atoms. The number of rotatable bonds is 10. The van der Waals surface area contributed by atoms with E-state index in [1.165, 1.54) is 0 Å². The van der Waals surface area contributed by atoms with E-state index in [2.05, 4.69) is 5.32 Å². The van der Waals surface area contributed by atoms with Gasteiger partial charge in [-0.1, -0.05) is 19.9 Å². The molecule has 10 heteroatoms. The molecule has 0 heterocycles. The van der Waals surface area contributed by atoms with Gasteiger partial charge >= 0.3 is 13.7 Å². The summed E-state index contributed by atoms with van der Waals surface area (Å²) in [6.07, 6.45) is 1.93. The van der Waals surface area contributed by atoms with Crippen molar-refractivity contribution in [1.82, 2.24) is 5.32 Å². The molecule has 1 aliphatic rings. The molecule has 0 aliphatic heterocycles. The molecule has 0 saturated carbocycles. The molecule has 9 nitrogen and oxygen atoms in total. The highest BCUT2D eigenvalue weighted by Crippen LogP contribution is 2.59. The van der Waals surface area contributed by atoms with Gasteiger partial charge in [0.05, 0.1) is 19.1 Å². The van der Waals surface area contributed by atoms with Crippen LogP contribution in [0.2, 0.25) is 0 Å². The van der Waals surface area contributed by atoms with E-state index < -0.39 is 37.3 Å². The predicted octanol–water partition coefficient (Wildman–Crippen LogP) is 5.13. The van der Waals surface area contributed by atoms with Gasteiger partial charge in [-0.2, -0.15) is 0 Å². The topological polar surface area (TPSA) is 117 Å². The quantitative estimate of drug-likeness (QED) is 0.280. The van der Waals surface area contributed by atoms with E-state index in [-0.39, 0.29) is 36.9 Å². The maximum Gasteiger partial charge on any atom is 0.407 e. The molecule has 1 rings (SSSR count). The summed E-state index contributed by atoms with van der Waals surface area (Å²) in [7, 11) is -3.57. The van der Waals surface area contributed by atoms with Crippen molar-refractivity contribution in [2.75, 3.05) is 13.2 Å². The number of ether oxygens (including phenoxy) is 1. The van der Waals surface area contributed by atoms with Gasteiger partial charge < -0.3 is 19.1 Å². The van der Waals surface area contributed by atoms with Gasteiger partial charge in [-0.3, -0.25) is 14.7 Å². The summed E-state index contributed by atoms with van der Waals surface area (Å²) >= 11 is 0. The second-order valence-corrected chi connectivity index (χ2v) is 11.0. The molecule has 1 N–H and O–H groups in total. The first-order valence-electron chi connectivity index (χ1n) is 10.5. The predicted molar refractivity (Wildman–Crippen MR) is 115 cm³/mol. The Bertz CT molecular complexity index is 663. The first-order valence-corrected chi connectivity index (χ1v) is 12.1. The van der Waals surface area contributed by atoms with Crippen molar-refractivity contribution in [2.45, 2.75) is 85.4 Å². The van der Waals surface area contributed by atoms with Crippen LogP contribution in [-0.4, -0.2) is 41.9 Å². The molecule has 2 unspecified atom stereocenters. The molecular formula is C20H37N2O7P. The van der Waals surface area contributed by atoms with Crippen LogP contribution in [0.1, 0.15) is 67.7 Å². The van der Waals surface area contributed by atoms with Gasteiger partial charge in [0.15, 0.2) is 0 Å². The van der Waals surface area contributed by atoms with Crippen LogP contribution in [0.25, 0.3) is 0 Å². The molecule has 1 amide bonds. The summed E-state index contributed by atoms with van der Waals surface area (Å²) in [5, 5.41) is 15.1. The Morgan fingerprint density at radius 1 is 1.30 bits per heavy atom. The molecule has 1 aliphatic carbocycles.